The first-order valence-electron chi connectivity index (χ1n) is 7.98. The first kappa shape index (κ1) is 14.8. The molecule has 2 saturated heterocycles. The number of piperidine rings is 1. The summed E-state index contributed by atoms with van der Waals surface area (Å²) in [4.78, 5) is 14.9. The van der Waals surface area contributed by atoms with Crippen LogP contribution >= 0.6 is 0 Å². The van der Waals surface area contributed by atoms with Crippen molar-refractivity contribution in [3.05, 3.63) is 0 Å². The van der Waals surface area contributed by atoms with Gasteiger partial charge in [0.2, 0.25) is 5.91 Å². The van der Waals surface area contributed by atoms with Crippen LogP contribution in [0.3, 0.4) is 0 Å². The van der Waals surface area contributed by atoms with Gasteiger partial charge in [-0.15, -0.1) is 0 Å². The Hall–Kier alpha value is -0.610. The molecule has 2 fully saturated rings. The van der Waals surface area contributed by atoms with E-state index in [4.69, 9.17) is 0 Å². The van der Waals surface area contributed by atoms with Crippen LogP contribution in [-0.2, 0) is 4.79 Å². The largest absolute Gasteiger partial charge is 0.356 e. The van der Waals surface area contributed by atoms with Gasteiger partial charge < -0.3 is 15.5 Å². The van der Waals surface area contributed by atoms with E-state index < -0.39 is 0 Å². The summed E-state index contributed by atoms with van der Waals surface area (Å²) in [6.07, 6.45) is 6.87. The fourth-order valence-corrected chi connectivity index (χ4v) is 3.32. The van der Waals surface area contributed by atoms with Gasteiger partial charge in [0, 0.05) is 13.1 Å². The Morgan fingerprint density at radius 2 is 2.11 bits per heavy atom. The standard InChI is InChI=1S/C15H29N3O/c1-2-15(7-5-8-16-13-15)14(19)17-9-6-12-18-10-3-4-11-18/h16H,2-13H2,1H3,(H,17,19). The smallest absolute Gasteiger partial charge is 0.227 e. The van der Waals surface area contributed by atoms with Gasteiger partial charge in [-0.05, 0) is 64.7 Å². The molecule has 2 N–H and O–H groups in total. The van der Waals surface area contributed by atoms with Crippen LogP contribution < -0.4 is 10.6 Å². The van der Waals surface area contributed by atoms with Crippen molar-refractivity contribution >= 4 is 5.91 Å². The molecule has 0 aromatic carbocycles. The third kappa shape index (κ3) is 3.93. The Morgan fingerprint density at radius 1 is 1.32 bits per heavy atom. The van der Waals surface area contributed by atoms with Crippen LogP contribution in [0.5, 0.6) is 0 Å². The van der Waals surface area contributed by atoms with E-state index >= 15 is 0 Å². The summed E-state index contributed by atoms with van der Waals surface area (Å²) >= 11 is 0. The Kier molecular flexibility index (Phi) is 5.64. The molecule has 4 nitrogen and oxygen atoms in total. The number of likely N-dealkylation sites (tertiary alicyclic amines) is 1. The molecule has 19 heavy (non-hydrogen) atoms. The number of carbonyl (C=O) groups is 1. The van der Waals surface area contributed by atoms with Crippen LogP contribution in [0.15, 0.2) is 0 Å². The summed E-state index contributed by atoms with van der Waals surface area (Å²) in [5, 5.41) is 6.54. The number of rotatable bonds is 6. The highest BCUT2D eigenvalue weighted by Crippen LogP contribution is 2.30. The zero-order valence-corrected chi connectivity index (χ0v) is 12.3. The molecule has 1 atom stereocenters. The molecular weight excluding hydrogens is 238 g/mol. The van der Waals surface area contributed by atoms with E-state index in [1.54, 1.807) is 0 Å². The number of carbonyl (C=O) groups excluding carboxylic acids is 1. The first-order chi connectivity index (χ1) is 9.27. The normalized spacial score (nSPS) is 28.5. The maximum Gasteiger partial charge on any atom is 0.227 e. The molecule has 0 saturated carbocycles. The summed E-state index contributed by atoms with van der Waals surface area (Å²) in [5.41, 5.74) is -0.147. The summed E-state index contributed by atoms with van der Waals surface area (Å²) < 4.78 is 0. The number of nitrogens with one attached hydrogen (secondary N) is 2. The van der Waals surface area contributed by atoms with Crippen LogP contribution in [0.25, 0.3) is 0 Å². The van der Waals surface area contributed by atoms with Crippen LogP contribution in [0.1, 0.15) is 45.4 Å². The highest BCUT2D eigenvalue weighted by Gasteiger charge is 2.37. The van der Waals surface area contributed by atoms with Crippen molar-refractivity contribution in [1.29, 1.82) is 0 Å². The van der Waals surface area contributed by atoms with Gasteiger partial charge >= 0.3 is 0 Å². The van der Waals surface area contributed by atoms with Crippen molar-refractivity contribution in [3.63, 3.8) is 0 Å². The Bertz CT molecular complexity index is 281. The van der Waals surface area contributed by atoms with Gasteiger partial charge in [0.1, 0.15) is 0 Å². The lowest BCUT2D eigenvalue weighted by Crippen LogP contribution is -2.50. The van der Waals surface area contributed by atoms with Crippen LogP contribution in [0.4, 0.5) is 0 Å². The second kappa shape index (κ2) is 7.25. The molecular formula is C15H29N3O. The van der Waals surface area contributed by atoms with Crippen molar-refractivity contribution in [2.75, 3.05) is 39.3 Å². The molecule has 0 radical (unpaired) electrons. The van der Waals surface area contributed by atoms with E-state index in [1.165, 1.54) is 25.9 Å². The van der Waals surface area contributed by atoms with Crippen LogP contribution in [-0.4, -0.2) is 50.1 Å². The molecule has 110 valence electrons. The molecule has 0 aromatic heterocycles. The highest BCUT2D eigenvalue weighted by atomic mass is 16.2. The van der Waals surface area contributed by atoms with Crippen molar-refractivity contribution in [3.8, 4) is 0 Å². The summed E-state index contributed by atoms with van der Waals surface area (Å²) in [6.45, 7) is 8.50. The monoisotopic (exact) mass is 267 g/mol. The predicted octanol–water partition coefficient (Wildman–Crippen LogP) is 1.37. The van der Waals surface area contributed by atoms with Gasteiger partial charge in [-0.25, -0.2) is 0 Å². The van der Waals surface area contributed by atoms with Gasteiger partial charge in [0.05, 0.1) is 5.41 Å². The Balaban J connectivity index is 1.67. The lowest BCUT2D eigenvalue weighted by molar-refractivity contribution is -0.132. The van der Waals surface area contributed by atoms with E-state index in [-0.39, 0.29) is 11.3 Å². The average molecular weight is 267 g/mol. The van der Waals surface area contributed by atoms with Gasteiger partial charge in [0.15, 0.2) is 0 Å². The third-order valence-corrected chi connectivity index (χ3v) is 4.77. The number of amides is 1. The zero-order chi connectivity index (χ0) is 13.6. The van der Waals surface area contributed by atoms with Crippen LogP contribution in [0.2, 0.25) is 0 Å². The number of hydrogen-bond acceptors (Lipinski definition) is 3. The van der Waals surface area contributed by atoms with Crippen LogP contribution in [0, 0.1) is 5.41 Å². The summed E-state index contributed by atoms with van der Waals surface area (Å²) in [6, 6.07) is 0. The summed E-state index contributed by atoms with van der Waals surface area (Å²) in [7, 11) is 0. The first-order valence-corrected chi connectivity index (χ1v) is 7.98. The molecule has 2 rings (SSSR count). The molecule has 0 aromatic rings. The molecule has 4 heteroatoms. The Labute approximate surface area is 117 Å². The van der Waals surface area contributed by atoms with Crippen molar-refractivity contribution in [2.45, 2.75) is 45.4 Å². The van der Waals surface area contributed by atoms with E-state index in [2.05, 4.69) is 22.5 Å². The molecule has 1 unspecified atom stereocenters. The zero-order valence-electron chi connectivity index (χ0n) is 12.3. The van der Waals surface area contributed by atoms with Gasteiger partial charge in [0.25, 0.3) is 0 Å². The van der Waals surface area contributed by atoms with Crippen molar-refractivity contribution < 1.29 is 4.79 Å². The fourth-order valence-electron chi connectivity index (χ4n) is 3.32. The quantitative estimate of drug-likeness (QED) is 0.714. The second-order valence-corrected chi connectivity index (χ2v) is 6.07. The van der Waals surface area contributed by atoms with E-state index in [0.29, 0.717) is 0 Å². The third-order valence-electron chi connectivity index (χ3n) is 4.77. The molecule has 0 aliphatic carbocycles. The summed E-state index contributed by atoms with van der Waals surface area (Å²) in [5.74, 6) is 0.267. The minimum Gasteiger partial charge on any atom is -0.356 e. The maximum atomic E-state index is 12.4. The minimum absolute atomic E-state index is 0.147. The lowest BCUT2D eigenvalue weighted by atomic mass is 9.77. The van der Waals surface area contributed by atoms with E-state index in [9.17, 15) is 4.79 Å². The molecule has 0 spiro atoms. The van der Waals surface area contributed by atoms with E-state index in [1.807, 2.05) is 0 Å². The molecule has 2 aliphatic heterocycles. The topological polar surface area (TPSA) is 44.4 Å². The predicted molar refractivity (Wildman–Crippen MR) is 78.1 cm³/mol. The van der Waals surface area contributed by atoms with Gasteiger partial charge in [-0.3, -0.25) is 4.79 Å². The fraction of sp³-hybridized carbons (Fsp3) is 0.933. The minimum atomic E-state index is -0.147. The van der Waals surface area contributed by atoms with E-state index in [0.717, 1.165) is 51.9 Å². The second-order valence-electron chi connectivity index (χ2n) is 6.07. The Morgan fingerprint density at radius 3 is 2.74 bits per heavy atom. The van der Waals surface area contributed by atoms with Crippen molar-refractivity contribution in [1.82, 2.24) is 15.5 Å². The van der Waals surface area contributed by atoms with Gasteiger partial charge in [-0.2, -0.15) is 0 Å². The maximum absolute atomic E-state index is 12.4. The SMILES string of the molecule is CCC1(C(=O)NCCCN2CCCC2)CCCNC1. The molecule has 0 bridgehead atoms. The molecule has 2 heterocycles. The number of nitrogens with zero attached hydrogens (tertiary/aromatic N) is 1. The van der Waals surface area contributed by atoms with Crippen molar-refractivity contribution in [2.24, 2.45) is 5.41 Å². The molecule has 2 aliphatic rings. The van der Waals surface area contributed by atoms with Gasteiger partial charge in [-0.1, -0.05) is 6.92 Å². The average Bonchev–Trinajstić information content (AvgIpc) is 2.97. The lowest BCUT2D eigenvalue weighted by Gasteiger charge is -2.35. The highest BCUT2D eigenvalue weighted by molar-refractivity contribution is 5.82. The molecule has 1 amide bonds. The number of hydrogen-bond donors (Lipinski definition) is 2.